The average Bonchev–Trinajstić information content (AvgIpc) is 3.35. The van der Waals surface area contributed by atoms with Gasteiger partial charge in [-0.15, -0.1) is 11.8 Å². The molecule has 0 saturated carbocycles. The Morgan fingerprint density at radius 2 is 1.18 bits per heavy atom. The zero-order chi connectivity index (χ0) is 54.2. The minimum absolute atomic E-state index is 0.0167. The highest BCUT2D eigenvalue weighted by Crippen LogP contribution is 2.19. The smallest absolute Gasteiger partial charge is 0.329 e. The molecule has 0 unspecified atom stereocenters. The number of nitrogens with one attached hydrogen (secondary N) is 6. The number of allylic oxidation sites excluding steroid dienone is 4. The highest BCUT2D eigenvalue weighted by Gasteiger charge is 2.32. The summed E-state index contributed by atoms with van der Waals surface area (Å²) in [5, 5.41) is 16.0. The fourth-order valence-corrected chi connectivity index (χ4v) is 8.02. The van der Waals surface area contributed by atoms with E-state index in [1.54, 1.807) is 104 Å². The summed E-state index contributed by atoms with van der Waals surface area (Å²) in [6, 6.07) is 4.68. The van der Waals surface area contributed by atoms with Crippen molar-refractivity contribution in [3.8, 4) is 0 Å². The van der Waals surface area contributed by atoms with E-state index in [2.05, 4.69) is 54.5 Å². The Kier molecular flexibility index (Phi) is 26.2. The Labute approximate surface area is 441 Å². The summed E-state index contributed by atoms with van der Waals surface area (Å²) >= 11 is 6.82. The number of esters is 2. The predicted octanol–water partition coefficient (Wildman–Crippen LogP) is 5.10. The number of cyclic esters (lactones) is 2. The van der Waals surface area contributed by atoms with Crippen LogP contribution in [-0.4, -0.2) is 105 Å². The molecule has 6 N–H and O–H groups in total. The molecule has 19 nitrogen and oxygen atoms in total. The van der Waals surface area contributed by atoms with Gasteiger partial charge in [0.25, 0.3) is 23.6 Å². The standard InChI is InChI=1S/C27H36N4O6S.C24H32N4O5S2/c1-6-20-25(34)31-24(16(3)4)27(36)37-19(10-8-9-11-38-23(33)7-2)14-22(32)28-15-18-12-17(5)13-21(29-18)26(35)30-20;1-5-18-22(30)28-21(14(2)3)24(32)33-16(8-6-7-9-34)11-20(29)25-13-15-10-17(35-4)12-19(26-15)23(31)27-18/h6,8,10,12-13,16,19,24H,7,9,11,14-15H2,1-5H3,(H,28,32)(H,30,35)(H,31,34);5-6,8,10,12,14,16,21,34H,7,9,11,13H2,1-4H3,(H,25,29)(H,27,31)(H,28,30)/b10-8+,20-6-;8-6+,18-5-/t19-,24+;16-,21+/m11/s1. The Hall–Kier alpha value is -6.26. The van der Waals surface area contributed by atoms with Gasteiger partial charge < -0.3 is 41.4 Å². The van der Waals surface area contributed by atoms with E-state index in [1.165, 1.54) is 35.7 Å². The third kappa shape index (κ3) is 21.0. The number of aromatic nitrogens is 2. The molecule has 396 valence electrons. The monoisotopic (exact) mass is 1060 g/mol. The molecule has 4 heterocycles. The molecule has 2 aromatic heterocycles. The van der Waals surface area contributed by atoms with Gasteiger partial charge in [-0.3, -0.25) is 33.6 Å². The molecule has 73 heavy (non-hydrogen) atoms. The summed E-state index contributed by atoms with van der Waals surface area (Å²) in [5.74, 6) is -4.05. The minimum Gasteiger partial charge on any atom is -0.456 e. The van der Waals surface area contributed by atoms with Gasteiger partial charge in [-0.2, -0.15) is 12.6 Å². The minimum atomic E-state index is -1.03. The highest BCUT2D eigenvalue weighted by atomic mass is 32.2. The number of carbonyl (C=O) groups excluding carboxylic acids is 9. The lowest BCUT2D eigenvalue weighted by Gasteiger charge is -2.24. The van der Waals surface area contributed by atoms with Crippen molar-refractivity contribution in [3.63, 3.8) is 0 Å². The molecule has 0 aromatic carbocycles. The summed E-state index contributed by atoms with van der Waals surface area (Å²) in [6.07, 6.45) is 11.2. The number of ether oxygens (including phenoxy) is 2. The number of hydrogen-bond donors (Lipinski definition) is 7. The van der Waals surface area contributed by atoms with E-state index in [1.807, 2.05) is 6.26 Å². The van der Waals surface area contributed by atoms with Gasteiger partial charge in [-0.05, 0) is 99.4 Å². The molecule has 2 aliphatic rings. The van der Waals surface area contributed by atoms with Gasteiger partial charge in [-0.1, -0.05) is 70.7 Å². The topological polar surface area (TPSA) is 270 Å². The maximum absolute atomic E-state index is 13.1. The number of thiol groups is 1. The third-order valence-electron chi connectivity index (χ3n) is 10.6. The van der Waals surface area contributed by atoms with Gasteiger partial charge in [-0.25, -0.2) is 19.6 Å². The molecule has 2 aromatic rings. The van der Waals surface area contributed by atoms with E-state index < -0.39 is 59.9 Å². The second-order valence-corrected chi connectivity index (χ2v) is 19.7. The Morgan fingerprint density at radius 1 is 0.712 bits per heavy atom. The molecule has 4 rings (SSSR count). The maximum atomic E-state index is 13.1. The summed E-state index contributed by atoms with van der Waals surface area (Å²) < 4.78 is 11.3. The summed E-state index contributed by atoms with van der Waals surface area (Å²) in [6.45, 7) is 13.9. The van der Waals surface area contributed by atoms with E-state index in [-0.39, 0.29) is 77.5 Å². The van der Waals surface area contributed by atoms with E-state index in [0.717, 1.165) is 10.5 Å². The van der Waals surface area contributed by atoms with Crippen LogP contribution in [0.1, 0.15) is 118 Å². The average molecular weight is 1070 g/mol. The molecule has 0 fully saturated rings. The van der Waals surface area contributed by atoms with Crippen molar-refractivity contribution in [1.29, 1.82) is 0 Å². The van der Waals surface area contributed by atoms with Gasteiger partial charge in [0, 0.05) is 17.1 Å². The number of aryl methyl sites for hydroxylation is 1. The van der Waals surface area contributed by atoms with Crippen LogP contribution in [0.5, 0.6) is 0 Å². The number of thioether (sulfide) groups is 2. The van der Waals surface area contributed by atoms with Crippen molar-refractivity contribution in [1.82, 2.24) is 41.9 Å². The molecular weight excluding hydrogens is 997 g/mol. The van der Waals surface area contributed by atoms with Crippen LogP contribution in [0.25, 0.3) is 0 Å². The molecule has 2 aliphatic heterocycles. The van der Waals surface area contributed by atoms with E-state index in [0.29, 0.717) is 42.2 Å². The highest BCUT2D eigenvalue weighted by molar-refractivity contribution is 8.13. The van der Waals surface area contributed by atoms with E-state index in [4.69, 9.17) is 9.47 Å². The van der Waals surface area contributed by atoms with Gasteiger partial charge >= 0.3 is 11.9 Å². The first-order valence-corrected chi connectivity index (χ1v) is 26.7. The van der Waals surface area contributed by atoms with Crippen molar-refractivity contribution in [2.75, 3.05) is 17.8 Å². The Bertz CT molecular complexity index is 2460. The van der Waals surface area contributed by atoms with E-state index in [9.17, 15) is 43.2 Å². The van der Waals surface area contributed by atoms with Crippen molar-refractivity contribution in [3.05, 3.63) is 100 Å². The first-order valence-electron chi connectivity index (χ1n) is 23.9. The lowest BCUT2D eigenvalue weighted by atomic mass is 10.0. The maximum Gasteiger partial charge on any atom is 0.329 e. The van der Waals surface area contributed by atoms with Crippen LogP contribution in [0.2, 0.25) is 0 Å². The third-order valence-corrected chi connectivity index (χ3v) is 12.6. The van der Waals surface area contributed by atoms with Gasteiger partial charge in [0.15, 0.2) is 5.12 Å². The number of nitrogens with zero attached hydrogens (tertiary/aromatic N) is 2. The second kappa shape index (κ2) is 31.4. The van der Waals surface area contributed by atoms with Crippen LogP contribution < -0.4 is 31.9 Å². The fourth-order valence-electron chi connectivity index (χ4n) is 6.70. The molecular formula is C51H68N8O11S3. The molecule has 0 saturated heterocycles. The lowest BCUT2D eigenvalue weighted by molar-refractivity contribution is -0.153. The summed E-state index contributed by atoms with van der Waals surface area (Å²) in [5.41, 5.74) is 1.85. The van der Waals surface area contributed by atoms with Crippen molar-refractivity contribution >= 4 is 88.6 Å². The Balaban J connectivity index is 0.000000387. The largest absolute Gasteiger partial charge is 0.456 e. The van der Waals surface area contributed by atoms with Crippen LogP contribution in [0.4, 0.5) is 0 Å². The number of rotatable bonds is 11. The van der Waals surface area contributed by atoms with Gasteiger partial charge in [0.2, 0.25) is 11.8 Å². The van der Waals surface area contributed by atoms with Crippen LogP contribution >= 0.6 is 36.2 Å². The van der Waals surface area contributed by atoms with Crippen LogP contribution in [0.3, 0.4) is 0 Å². The summed E-state index contributed by atoms with van der Waals surface area (Å²) in [4.78, 5) is 124. The summed E-state index contributed by atoms with van der Waals surface area (Å²) in [7, 11) is 0. The fraction of sp³-hybridized carbons (Fsp3) is 0.471. The molecule has 0 aliphatic carbocycles. The SMILES string of the molecule is C/C=C1\NC(=O)c2cc(C)cc(n2)CNC(=O)C[C@@H](/C=C/CCSC(=O)CC)OC(=O)[C@H](C(C)C)NC1=O.C/C=C1\NC(=O)c2cc(SC)cc(n2)CNC(=O)C[C@@H](/C=C/CCS)OC(=O)[C@H](C(C)C)NC1=O. The Morgan fingerprint density at radius 3 is 1.62 bits per heavy atom. The second-order valence-electron chi connectivity index (χ2n) is 17.3. The molecule has 6 amide bonds. The van der Waals surface area contributed by atoms with E-state index >= 15 is 0 Å². The molecule has 4 bridgehead atoms. The number of amides is 6. The van der Waals surface area contributed by atoms with Gasteiger partial charge in [0.05, 0.1) is 37.3 Å². The lowest BCUT2D eigenvalue weighted by Crippen LogP contribution is -2.48. The number of carbonyl (C=O) groups is 9. The predicted molar refractivity (Wildman–Crippen MR) is 283 cm³/mol. The first-order chi connectivity index (χ1) is 34.7. The molecule has 22 heteroatoms. The number of pyridine rings is 2. The quantitative estimate of drug-likeness (QED) is 0.0386. The first kappa shape index (κ1) is 61.0. The van der Waals surface area contributed by atoms with Crippen molar-refractivity contribution in [2.24, 2.45) is 11.8 Å². The van der Waals surface area contributed by atoms with Crippen LogP contribution in [0, 0.1) is 18.8 Å². The van der Waals surface area contributed by atoms with Crippen LogP contribution in [0.15, 0.2) is 77.0 Å². The normalized spacial score (nSPS) is 21.2. The van der Waals surface area contributed by atoms with Crippen LogP contribution in [-0.2, 0) is 56.1 Å². The number of fused-ring (bicyclic) bond motifs is 4. The van der Waals surface area contributed by atoms with Gasteiger partial charge in [0.1, 0.15) is 47.1 Å². The number of hydrogen-bond acceptors (Lipinski definition) is 16. The zero-order valence-electron chi connectivity index (χ0n) is 42.8. The molecule has 0 radical (unpaired) electrons. The zero-order valence-corrected chi connectivity index (χ0v) is 45.3. The molecule has 4 atom stereocenters. The molecule has 0 spiro atoms. The van der Waals surface area contributed by atoms with Crippen molar-refractivity contribution < 1.29 is 52.6 Å². The van der Waals surface area contributed by atoms with Crippen molar-refractivity contribution in [2.45, 2.75) is 130 Å².